The lowest BCUT2D eigenvalue weighted by atomic mass is 10.1. The molecular formula is C29H30N4O7. The molecule has 1 saturated carbocycles. The number of aromatic nitrogens is 1. The number of carbonyl (C=O) groups excluding carboxylic acids is 3. The molecule has 2 aromatic carbocycles. The standard InChI is InChI=1S/C29H30N4O7/c1-17-27(31-16-39-17)29(36)33-12-24-25(13-33)40-21-6-4-18(5-7-21)11-30-26(34)15-38-23-9-20(28(35)32-24)8-22(10-23)37-14-19-2-3-19/h4-10,16,19,24-25H,2-3,11-15H2,1H3,(H,30,34)(H,32,35)/t24-,25-/m0/s1. The lowest BCUT2D eigenvalue weighted by molar-refractivity contribution is -0.123. The number of hydrogen-bond donors (Lipinski definition) is 2. The van der Waals surface area contributed by atoms with Gasteiger partial charge in [0.2, 0.25) is 0 Å². The number of amides is 3. The van der Waals surface area contributed by atoms with Crippen LogP contribution < -0.4 is 24.8 Å². The number of likely N-dealkylation sites (tertiary alicyclic amines) is 1. The summed E-state index contributed by atoms with van der Waals surface area (Å²) in [6.07, 6.45) is 2.96. The molecule has 0 radical (unpaired) electrons. The third kappa shape index (κ3) is 5.88. The summed E-state index contributed by atoms with van der Waals surface area (Å²) in [6.45, 7) is 2.81. The van der Waals surface area contributed by atoms with Crippen LogP contribution in [0.1, 0.15) is 45.0 Å². The molecule has 4 aliphatic rings. The minimum absolute atomic E-state index is 0.211. The number of rotatable bonds is 4. The minimum Gasteiger partial charge on any atom is -0.493 e. The third-order valence-corrected chi connectivity index (χ3v) is 7.21. The van der Waals surface area contributed by atoms with Crippen LogP contribution in [0.15, 0.2) is 53.3 Å². The first kappa shape index (κ1) is 25.7. The molecule has 1 saturated heterocycles. The first-order valence-corrected chi connectivity index (χ1v) is 13.3. The third-order valence-electron chi connectivity index (χ3n) is 7.21. The van der Waals surface area contributed by atoms with Crippen LogP contribution in [0.5, 0.6) is 17.2 Å². The fourth-order valence-corrected chi connectivity index (χ4v) is 4.74. The second kappa shape index (κ2) is 10.9. The van der Waals surface area contributed by atoms with Gasteiger partial charge in [0.1, 0.15) is 29.1 Å². The highest BCUT2D eigenvalue weighted by atomic mass is 16.5. The summed E-state index contributed by atoms with van der Waals surface area (Å²) in [7, 11) is 0. The number of aryl methyl sites for hydroxylation is 1. The van der Waals surface area contributed by atoms with E-state index in [1.165, 1.54) is 6.39 Å². The van der Waals surface area contributed by atoms with Gasteiger partial charge in [0.05, 0.1) is 19.2 Å². The van der Waals surface area contributed by atoms with Gasteiger partial charge in [-0.15, -0.1) is 0 Å². The van der Waals surface area contributed by atoms with Gasteiger partial charge in [-0.3, -0.25) is 14.4 Å². The van der Waals surface area contributed by atoms with Crippen molar-refractivity contribution < 1.29 is 33.0 Å². The highest BCUT2D eigenvalue weighted by molar-refractivity contribution is 5.96. The Hall–Kier alpha value is -4.54. The zero-order valence-electron chi connectivity index (χ0n) is 22.1. The summed E-state index contributed by atoms with van der Waals surface area (Å²) in [6, 6.07) is 11.7. The predicted molar refractivity (Wildman–Crippen MR) is 141 cm³/mol. The van der Waals surface area contributed by atoms with E-state index in [1.807, 2.05) is 12.1 Å². The summed E-state index contributed by atoms with van der Waals surface area (Å²) in [4.78, 5) is 44.8. The molecule has 208 valence electrons. The topological polar surface area (TPSA) is 132 Å². The molecule has 11 nitrogen and oxygen atoms in total. The first-order valence-electron chi connectivity index (χ1n) is 13.3. The van der Waals surface area contributed by atoms with E-state index in [9.17, 15) is 14.4 Å². The molecule has 4 bridgehead atoms. The maximum absolute atomic E-state index is 13.5. The molecule has 3 amide bonds. The Balaban J connectivity index is 1.29. The van der Waals surface area contributed by atoms with Crippen molar-refractivity contribution in [1.29, 1.82) is 0 Å². The van der Waals surface area contributed by atoms with E-state index in [2.05, 4.69) is 15.6 Å². The molecule has 0 unspecified atom stereocenters. The number of ether oxygens (including phenoxy) is 3. The van der Waals surface area contributed by atoms with E-state index < -0.39 is 12.1 Å². The van der Waals surface area contributed by atoms with Crippen LogP contribution in [0.2, 0.25) is 0 Å². The smallest absolute Gasteiger partial charge is 0.276 e. The van der Waals surface area contributed by atoms with E-state index in [0.717, 1.165) is 18.4 Å². The van der Waals surface area contributed by atoms with Crippen LogP contribution in [0.4, 0.5) is 0 Å². The SMILES string of the molecule is Cc1ocnc1C(=O)N1C[C@@H]2NC(=O)c3cc(cc(OCC4CC4)c3)OCC(=O)NCc3ccc(cc3)O[C@H]2C1. The Morgan fingerprint density at radius 3 is 2.67 bits per heavy atom. The second-order valence-electron chi connectivity index (χ2n) is 10.4. The van der Waals surface area contributed by atoms with Gasteiger partial charge in [0.15, 0.2) is 18.7 Å². The molecule has 2 fully saturated rings. The molecule has 3 aromatic rings. The second-order valence-corrected chi connectivity index (χ2v) is 10.4. The molecule has 1 aliphatic carbocycles. The molecule has 2 atom stereocenters. The van der Waals surface area contributed by atoms with Crippen LogP contribution in [-0.2, 0) is 11.3 Å². The molecule has 1 aromatic heterocycles. The van der Waals surface area contributed by atoms with Crippen molar-refractivity contribution in [3.63, 3.8) is 0 Å². The van der Waals surface area contributed by atoms with Gasteiger partial charge in [0, 0.05) is 24.7 Å². The molecule has 3 aliphatic heterocycles. The fraction of sp³-hybridized carbons (Fsp3) is 0.379. The monoisotopic (exact) mass is 546 g/mol. The van der Waals surface area contributed by atoms with Gasteiger partial charge in [-0.05, 0) is 55.5 Å². The van der Waals surface area contributed by atoms with Crippen molar-refractivity contribution in [2.75, 3.05) is 26.3 Å². The van der Waals surface area contributed by atoms with Gasteiger partial charge >= 0.3 is 0 Å². The first-order chi connectivity index (χ1) is 19.4. The number of benzene rings is 2. The van der Waals surface area contributed by atoms with Crippen LogP contribution in [-0.4, -0.2) is 66.1 Å². The number of carbonyl (C=O) groups is 3. The largest absolute Gasteiger partial charge is 0.493 e. The zero-order valence-corrected chi connectivity index (χ0v) is 22.1. The van der Waals surface area contributed by atoms with E-state index in [1.54, 1.807) is 42.2 Å². The van der Waals surface area contributed by atoms with E-state index in [0.29, 0.717) is 47.6 Å². The average Bonchev–Trinajstić information content (AvgIpc) is 3.57. The van der Waals surface area contributed by atoms with E-state index >= 15 is 0 Å². The average molecular weight is 547 g/mol. The minimum atomic E-state index is -0.522. The van der Waals surface area contributed by atoms with Gasteiger partial charge in [-0.25, -0.2) is 4.98 Å². The van der Waals surface area contributed by atoms with Crippen molar-refractivity contribution in [1.82, 2.24) is 20.5 Å². The van der Waals surface area contributed by atoms with Crippen LogP contribution in [0.3, 0.4) is 0 Å². The van der Waals surface area contributed by atoms with Gasteiger partial charge in [-0.2, -0.15) is 0 Å². The van der Waals surface area contributed by atoms with Crippen LogP contribution >= 0.6 is 0 Å². The number of fused-ring (bicyclic) bond motifs is 7. The highest BCUT2D eigenvalue weighted by Crippen LogP contribution is 2.31. The number of oxazole rings is 1. The van der Waals surface area contributed by atoms with E-state index in [-0.39, 0.29) is 43.1 Å². The zero-order chi connectivity index (χ0) is 27.6. The molecule has 2 N–H and O–H groups in total. The lowest BCUT2D eigenvalue weighted by Gasteiger charge is -2.21. The Kier molecular flexibility index (Phi) is 7.02. The molecule has 40 heavy (non-hydrogen) atoms. The summed E-state index contributed by atoms with van der Waals surface area (Å²) < 4.78 is 23.2. The summed E-state index contributed by atoms with van der Waals surface area (Å²) >= 11 is 0. The highest BCUT2D eigenvalue weighted by Gasteiger charge is 2.39. The van der Waals surface area contributed by atoms with Crippen molar-refractivity contribution in [2.24, 2.45) is 5.92 Å². The van der Waals surface area contributed by atoms with E-state index in [4.69, 9.17) is 18.6 Å². The van der Waals surface area contributed by atoms with Gasteiger partial charge in [-0.1, -0.05) is 12.1 Å². The molecule has 4 heterocycles. The Morgan fingerprint density at radius 1 is 1.10 bits per heavy atom. The quantitative estimate of drug-likeness (QED) is 0.510. The maximum atomic E-state index is 13.5. The summed E-state index contributed by atoms with van der Waals surface area (Å²) in [5, 5.41) is 5.87. The fourth-order valence-electron chi connectivity index (χ4n) is 4.74. The van der Waals surface area contributed by atoms with Crippen molar-refractivity contribution >= 4 is 17.7 Å². The summed E-state index contributed by atoms with van der Waals surface area (Å²) in [5.74, 6) is 1.39. The van der Waals surface area contributed by atoms with Crippen LogP contribution in [0, 0.1) is 12.8 Å². The molecule has 7 rings (SSSR count). The number of nitrogens with zero attached hydrogens (tertiary/aromatic N) is 2. The van der Waals surface area contributed by atoms with Crippen LogP contribution in [0.25, 0.3) is 0 Å². The predicted octanol–water partition coefficient (Wildman–Crippen LogP) is 2.48. The van der Waals surface area contributed by atoms with Crippen molar-refractivity contribution in [3.8, 4) is 17.2 Å². The molecule has 11 heteroatoms. The Morgan fingerprint density at radius 2 is 1.93 bits per heavy atom. The Labute approximate surface area is 230 Å². The Bertz CT molecular complexity index is 1420. The number of nitrogens with one attached hydrogen (secondary N) is 2. The summed E-state index contributed by atoms with van der Waals surface area (Å²) in [5.41, 5.74) is 1.43. The number of hydrogen-bond acceptors (Lipinski definition) is 8. The van der Waals surface area contributed by atoms with Crippen molar-refractivity contribution in [2.45, 2.75) is 38.5 Å². The normalized spacial score (nSPS) is 21.0. The van der Waals surface area contributed by atoms with Crippen molar-refractivity contribution in [3.05, 3.63) is 71.4 Å². The lowest BCUT2D eigenvalue weighted by Crippen LogP contribution is -2.45. The molecule has 0 spiro atoms. The van der Waals surface area contributed by atoms with Gasteiger partial charge in [0.25, 0.3) is 17.7 Å². The van der Waals surface area contributed by atoms with Gasteiger partial charge < -0.3 is 34.2 Å². The molecular weight excluding hydrogens is 516 g/mol. The maximum Gasteiger partial charge on any atom is 0.276 e.